The van der Waals surface area contributed by atoms with Crippen LogP contribution in [0.5, 0.6) is 0 Å². The van der Waals surface area contributed by atoms with Crippen LogP contribution >= 0.6 is 11.3 Å². The molecule has 15 heavy (non-hydrogen) atoms. The molecule has 3 heteroatoms. The molecule has 2 nitrogen and oxygen atoms in total. The van der Waals surface area contributed by atoms with E-state index in [0.29, 0.717) is 6.04 Å². The molecular weight excluding hydrogens is 204 g/mol. The van der Waals surface area contributed by atoms with Crippen molar-refractivity contribution in [2.45, 2.75) is 26.8 Å². The van der Waals surface area contributed by atoms with Gasteiger partial charge in [0.2, 0.25) is 0 Å². The highest BCUT2D eigenvalue weighted by Crippen LogP contribution is 2.20. The highest BCUT2D eigenvalue weighted by atomic mass is 32.1. The molecule has 2 heterocycles. The van der Waals surface area contributed by atoms with Crippen molar-refractivity contribution in [3.05, 3.63) is 45.9 Å². The van der Waals surface area contributed by atoms with E-state index in [-0.39, 0.29) is 0 Å². The van der Waals surface area contributed by atoms with Crippen molar-refractivity contribution in [1.29, 1.82) is 0 Å². The predicted molar refractivity (Wildman–Crippen MR) is 66.0 cm³/mol. The summed E-state index contributed by atoms with van der Waals surface area (Å²) >= 11 is 1.79. The molecule has 0 saturated carbocycles. The molecule has 0 aliphatic carbocycles. The second-order valence-corrected chi connectivity index (χ2v) is 4.80. The molecule has 0 bridgehead atoms. The number of aromatic nitrogens is 1. The Balaban J connectivity index is 2.16. The van der Waals surface area contributed by atoms with Crippen LogP contribution in [-0.2, 0) is 0 Å². The molecule has 0 aromatic carbocycles. The maximum Gasteiger partial charge on any atom is 0.0738 e. The van der Waals surface area contributed by atoms with E-state index >= 15 is 0 Å². The molecule has 1 unspecified atom stereocenters. The molecular formula is C12H16N2S. The largest absolute Gasteiger partial charge is 0.318 e. The molecule has 0 aliphatic rings. The molecule has 1 atom stereocenters. The summed E-state index contributed by atoms with van der Waals surface area (Å²) in [5.41, 5.74) is 5.98. The van der Waals surface area contributed by atoms with Crippen molar-refractivity contribution in [1.82, 2.24) is 4.68 Å². The fourth-order valence-electron chi connectivity index (χ4n) is 1.67. The third-order valence-corrected chi connectivity index (χ3v) is 3.62. The predicted octanol–water partition coefficient (Wildman–Crippen LogP) is 3.47. The van der Waals surface area contributed by atoms with Gasteiger partial charge >= 0.3 is 0 Å². The maximum atomic E-state index is 3.49. The Labute approximate surface area is 94.5 Å². The van der Waals surface area contributed by atoms with Gasteiger partial charge in [0.15, 0.2) is 0 Å². The van der Waals surface area contributed by atoms with Gasteiger partial charge in [0, 0.05) is 16.3 Å². The quantitative estimate of drug-likeness (QED) is 0.838. The van der Waals surface area contributed by atoms with Crippen LogP contribution in [0.4, 0.5) is 0 Å². The summed E-state index contributed by atoms with van der Waals surface area (Å²) in [5.74, 6) is 0. The molecule has 1 N–H and O–H groups in total. The average molecular weight is 220 g/mol. The number of aryl methyl sites for hydroxylation is 2. The van der Waals surface area contributed by atoms with Gasteiger partial charge in [-0.3, -0.25) is 4.68 Å². The summed E-state index contributed by atoms with van der Waals surface area (Å²) in [6.07, 6.45) is 0. The lowest BCUT2D eigenvalue weighted by molar-refractivity contribution is 0.708. The molecule has 80 valence electrons. The lowest BCUT2D eigenvalue weighted by Gasteiger charge is -2.18. The zero-order valence-electron chi connectivity index (χ0n) is 9.32. The molecule has 0 spiro atoms. The first-order chi connectivity index (χ1) is 7.18. The fraction of sp³-hybridized carbons (Fsp3) is 0.333. The fourth-order valence-corrected chi connectivity index (χ4v) is 2.40. The molecule has 2 rings (SSSR count). The van der Waals surface area contributed by atoms with Gasteiger partial charge in [-0.1, -0.05) is 6.07 Å². The van der Waals surface area contributed by atoms with Gasteiger partial charge in [-0.15, -0.1) is 11.3 Å². The molecule has 0 radical (unpaired) electrons. The Bertz CT molecular complexity index is 409. The van der Waals surface area contributed by atoms with E-state index in [1.807, 2.05) is 0 Å². The first-order valence-corrected chi connectivity index (χ1v) is 6.01. The molecule has 0 saturated heterocycles. The van der Waals surface area contributed by atoms with Crippen LogP contribution in [0.3, 0.4) is 0 Å². The third-order valence-electron chi connectivity index (χ3n) is 2.56. The van der Waals surface area contributed by atoms with Crippen LogP contribution in [0.25, 0.3) is 0 Å². The zero-order valence-corrected chi connectivity index (χ0v) is 10.1. The number of hydrogen-bond acceptors (Lipinski definition) is 2. The number of rotatable bonds is 3. The van der Waals surface area contributed by atoms with E-state index in [0.717, 1.165) is 0 Å². The zero-order chi connectivity index (χ0) is 10.8. The maximum absolute atomic E-state index is 3.49. The van der Waals surface area contributed by atoms with Gasteiger partial charge in [0.25, 0.3) is 0 Å². The summed E-state index contributed by atoms with van der Waals surface area (Å²) in [5, 5.41) is 2.11. The van der Waals surface area contributed by atoms with E-state index in [2.05, 4.69) is 60.5 Å². The molecule has 2 aromatic rings. The van der Waals surface area contributed by atoms with Crippen molar-refractivity contribution < 1.29 is 0 Å². The van der Waals surface area contributed by atoms with E-state index in [4.69, 9.17) is 0 Å². The van der Waals surface area contributed by atoms with Gasteiger partial charge in [-0.25, -0.2) is 0 Å². The van der Waals surface area contributed by atoms with Crippen LogP contribution in [0.1, 0.15) is 29.2 Å². The van der Waals surface area contributed by atoms with Gasteiger partial charge < -0.3 is 5.43 Å². The lowest BCUT2D eigenvalue weighted by atomic mass is 10.3. The Hall–Kier alpha value is -1.22. The smallest absolute Gasteiger partial charge is 0.0738 e. The average Bonchev–Trinajstić information content (AvgIpc) is 2.82. The highest BCUT2D eigenvalue weighted by molar-refractivity contribution is 7.10. The Morgan fingerprint density at radius 2 is 1.87 bits per heavy atom. The van der Waals surface area contributed by atoms with E-state index in [1.165, 1.54) is 16.3 Å². The van der Waals surface area contributed by atoms with Gasteiger partial charge in [0.1, 0.15) is 0 Å². The van der Waals surface area contributed by atoms with E-state index < -0.39 is 0 Å². The number of hydrogen-bond donors (Lipinski definition) is 1. The summed E-state index contributed by atoms with van der Waals surface area (Å²) in [4.78, 5) is 1.36. The summed E-state index contributed by atoms with van der Waals surface area (Å²) in [7, 11) is 0. The van der Waals surface area contributed by atoms with Crippen LogP contribution in [0, 0.1) is 13.8 Å². The minimum atomic E-state index is 0.356. The normalized spacial score (nSPS) is 12.7. The van der Waals surface area contributed by atoms with Gasteiger partial charge in [-0.05, 0) is 44.4 Å². The van der Waals surface area contributed by atoms with Crippen LogP contribution in [0.2, 0.25) is 0 Å². The summed E-state index contributed by atoms with van der Waals surface area (Å²) in [6.45, 7) is 6.41. The van der Waals surface area contributed by atoms with Crippen molar-refractivity contribution >= 4 is 11.3 Å². The summed E-state index contributed by atoms with van der Waals surface area (Å²) < 4.78 is 2.14. The number of thiophene rings is 1. The Morgan fingerprint density at radius 3 is 2.40 bits per heavy atom. The monoisotopic (exact) mass is 220 g/mol. The first kappa shape index (κ1) is 10.3. The van der Waals surface area contributed by atoms with Gasteiger partial charge in [0.05, 0.1) is 6.04 Å². The second kappa shape index (κ2) is 4.11. The van der Waals surface area contributed by atoms with Crippen LogP contribution in [0.15, 0.2) is 29.6 Å². The molecule has 0 aliphatic heterocycles. The van der Waals surface area contributed by atoms with Gasteiger partial charge in [-0.2, -0.15) is 0 Å². The van der Waals surface area contributed by atoms with Crippen LogP contribution in [-0.4, -0.2) is 4.68 Å². The Morgan fingerprint density at radius 1 is 1.20 bits per heavy atom. The molecule has 2 aromatic heterocycles. The van der Waals surface area contributed by atoms with E-state index in [1.54, 1.807) is 11.3 Å². The van der Waals surface area contributed by atoms with E-state index in [9.17, 15) is 0 Å². The number of nitrogens with zero attached hydrogens (tertiary/aromatic N) is 1. The van der Waals surface area contributed by atoms with Crippen molar-refractivity contribution in [2.75, 3.05) is 5.43 Å². The van der Waals surface area contributed by atoms with Crippen molar-refractivity contribution in [3.63, 3.8) is 0 Å². The Kier molecular flexibility index (Phi) is 2.82. The van der Waals surface area contributed by atoms with Crippen molar-refractivity contribution in [3.8, 4) is 0 Å². The SMILES string of the molecule is Cc1ccc(C)n1NC(C)c1cccs1. The highest BCUT2D eigenvalue weighted by Gasteiger charge is 2.08. The second-order valence-electron chi connectivity index (χ2n) is 3.82. The minimum absolute atomic E-state index is 0.356. The molecule has 0 amide bonds. The standard InChI is InChI=1S/C12H16N2S/c1-9-6-7-10(2)14(9)13-11(3)12-5-4-8-15-12/h4-8,11,13H,1-3H3. The first-order valence-electron chi connectivity index (χ1n) is 5.13. The lowest BCUT2D eigenvalue weighted by Crippen LogP contribution is -2.20. The molecule has 0 fully saturated rings. The number of nitrogens with one attached hydrogen (secondary N) is 1. The topological polar surface area (TPSA) is 17.0 Å². The summed E-state index contributed by atoms with van der Waals surface area (Å²) in [6, 6.07) is 8.87. The van der Waals surface area contributed by atoms with Crippen LogP contribution < -0.4 is 5.43 Å². The third kappa shape index (κ3) is 2.07. The minimum Gasteiger partial charge on any atom is -0.318 e. The van der Waals surface area contributed by atoms with Crippen molar-refractivity contribution in [2.24, 2.45) is 0 Å².